The highest BCUT2D eigenvalue weighted by molar-refractivity contribution is 7.17. The van der Waals surface area contributed by atoms with Gasteiger partial charge in [0.15, 0.2) is 0 Å². The van der Waals surface area contributed by atoms with Crippen molar-refractivity contribution >= 4 is 34.0 Å². The highest BCUT2D eigenvalue weighted by atomic mass is 32.1. The summed E-state index contributed by atoms with van der Waals surface area (Å²) in [5.74, 6) is 0.898. The zero-order valence-corrected chi connectivity index (χ0v) is 20.2. The lowest BCUT2D eigenvalue weighted by Gasteiger charge is -2.11. The smallest absolute Gasteiger partial charge is 0.264 e. The van der Waals surface area contributed by atoms with Crippen molar-refractivity contribution < 1.29 is 18.7 Å². The average Bonchev–Trinajstić information content (AvgIpc) is 3.47. The third-order valence-corrected chi connectivity index (χ3v) is 6.43. The number of hydrogen-bond acceptors (Lipinski definition) is 8. The number of carbonyl (C=O) groups excluding carboxylic acids is 1. The van der Waals surface area contributed by atoms with E-state index in [-0.39, 0.29) is 5.91 Å². The Hall–Kier alpha value is -4.17. The van der Waals surface area contributed by atoms with Crippen molar-refractivity contribution in [1.29, 1.82) is 5.26 Å². The van der Waals surface area contributed by atoms with E-state index in [4.69, 9.17) is 9.47 Å². The number of ether oxygens (including phenoxy) is 2. The van der Waals surface area contributed by atoms with Gasteiger partial charge in [-0.3, -0.25) is 4.79 Å². The van der Waals surface area contributed by atoms with Gasteiger partial charge in [0, 0.05) is 37.7 Å². The monoisotopic (exact) mass is 494 g/mol. The van der Waals surface area contributed by atoms with E-state index in [9.17, 15) is 14.4 Å². The molecule has 4 aromatic rings. The van der Waals surface area contributed by atoms with E-state index < -0.39 is 5.82 Å². The number of halogens is 1. The first-order valence-electron chi connectivity index (χ1n) is 10.8. The van der Waals surface area contributed by atoms with Crippen molar-refractivity contribution in [3.05, 3.63) is 53.0 Å². The van der Waals surface area contributed by atoms with Crippen LogP contribution in [-0.2, 0) is 6.54 Å². The maximum atomic E-state index is 14.6. The van der Waals surface area contributed by atoms with Crippen LogP contribution >= 0.6 is 11.3 Å². The lowest BCUT2D eigenvalue weighted by molar-refractivity contribution is 0.0963. The van der Waals surface area contributed by atoms with Crippen LogP contribution in [-0.4, -0.2) is 47.8 Å². The molecule has 0 aliphatic carbocycles. The van der Waals surface area contributed by atoms with Crippen LogP contribution in [0, 0.1) is 17.1 Å². The summed E-state index contributed by atoms with van der Waals surface area (Å²) in [6.07, 6.45) is 1.42. The second-order valence-corrected chi connectivity index (χ2v) is 8.39. The molecule has 3 heterocycles. The molecule has 9 nitrogen and oxygen atoms in total. The SMILES string of the molecule is CCOc1cc(-c2cc(NCCn3c(C#N)cc4c(OC)ccc(F)c43)ncn2)sc1C(=O)NC. The number of nitrogens with one attached hydrogen (secondary N) is 2. The topological polar surface area (TPSA) is 114 Å². The molecule has 0 aliphatic rings. The third-order valence-electron chi connectivity index (χ3n) is 5.30. The first-order chi connectivity index (χ1) is 17.0. The molecule has 0 aliphatic heterocycles. The minimum Gasteiger partial charge on any atom is -0.496 e. The summed E-state index contributed by atoms with van der Waals surface area (Å²) in [4.78, 5) is 22.0. The lowest BCUT2D eigenvalue weighted by Crippen LogP contribution is -2.17. The first-order valence-corrected chi connectivity index (χ1v) is 11.6. The third kappa shape index (κ3) is 4.74. The number of hydrogen-bond donors (Lipinski definition) is 2. The highest BCUT2D eigenvalue weighted by Gasteiger charge is 2.19. The van der Waals surface area contributed by atoms with E-state index in [0.29, 0.717) is 64.2 Å². The maximum absolute atomic E-state index is 14.6. The van der Waals surface area contributed by atoms with Gasteiger partial charge in [0.05, 0.1) is 29.8 Å². The summed E-state index contributed by atoms with van der Waals surface area (Å²) in [5.41, 5.74) is 1.27. The van der Waals surface area contributed by atoms with Gasteiger partial charge < -0.3 is 24.7 Å². The molecule has 0 fully saturated rings. The Bertz CT molecular complexity index is 1420. The van der Waals surface area contributed by atoms with E-state index in [0.717, 1.165) is 4.88 Å². The van der Waals surface area contributed by atoms with Crippen molar-refractivity contribution in [3.8, 4) is 28.1 Å². The van der Waals surface area contributed by atoms with Crippen molar-refractivity contribution in [3.63, 3.8) is 0 Å². The predicted molar refractivity (Wildman–Crippen MR) is 132 cm³/mol. The van der Waals surface area contributed by atoms with Gasteiger partial charge in [-0.05, 0) is 25.1 Å². The van der Waals surface area contributed by atoms with E-state index in [1.165, 1.54) is 30.8 Å². The minimum atomic E-state index is -0.429. The predicted octanol–water partition coefficient (Wildman–Crippen LogP) is 4.05. The largest absolute Gasteiger partial charge is 0.496 e. The Labute approximate surface area is 205 Å². The fraction of sp³-hybridized carbons (Fsp3) is 0.250. The zero-order valence-electron chi connectivity index (χ0n) is 19.4. The zero-order chi connectivity index (χ0) is 24.9. The summed E-state index contributed by atoms with van der Waals surface area (Å²) in [7, 11) is 3.07. The Kier molecular flexibility index (Phi) is 7.12. The van der Waals surface area contributed by atoms with Crippen molar-refractivity contribution in [1.82, 2.24) is 19.9 Å². The molecular weight excluding hydrogens is 471 g/mol. The molecule has 35 heavy (non-hydrogen) atoms. The minimum absolute atomic E-state index is 0.229. The molecule has 0 saturated carbocycles. The number of aromatic nitrogens is 3. The van der Waals surface area contributed by atoms with Crippen LogP contribution in [0.2, 0.25) is 0 Å². The summed E-state index contributed by atoms with van der Waals surface area (Å²) in [5, 5.41) is 15.9. The van der Waals surface area contributed by atoms with Gasteiger partial charge >= 0.3 is 0 Å². The Morgan fingerprint density at radius 3 is 2.80 bits per heavy atom. The summed E-state index contributed by atoms with van der Waals surface area (Å²) >= 11 is 1.28. The molecule has 0 bridgehead atoms. The van der Waals surface area contributed by atoms with Crippen LogP contribution in [0.4, 0.5) is 10.2 Å². The molecule has 4 rings (SSSR count). The molecular formula is C24H23FN6O3S. The standard InChI is InChI=1S/C24H23FN6O3S/c1-4-34-19-11-20(35-23(19)24(32)27-2)17-10-21(30-13-29-17)28-7-8-31-14(12-26)9-15-18(33-3)6-5-16(25)22(15)31/h5-6,9-11,13H,4,7-8H2,1-3H3,(H,27,32)(H,28,29,30). The number of anilines is 1. The maximum Gasteiger partial charge on any atom is 0.264 e. The normalized spacial score (nSPS) is 10.7. The van der Waals surface area contributed by atoms with Crippen LogP contribution < -0.4 is 20.1 Å². The number of benzene rings is 1. The first kappa shape index (κ1) is 24.0. The molecule has 0 radical (unpaired) electrons. The Morgan fingerprint density at radius 2 is 2.09 bits per heavy atom. The lowest BCUT2D eigenvalue weighted by atomic mass is 10.2. The molecule has 0 atom stereocenters. The van der Waals surface area contributed by atoms with E-state index >= 15 is 0 Å². The number of methoxy groups -OCH3 is 1. The van der Waals surface area contributed by atoms with Gasteiger partial charge in [-0.2, -0.15) is 5.26 Å². The Balaban J connectivity index is 1.55. The van der Waals surface area contributed by atoms with E-state index in [1.54, 1.807) is 35.9 Å². The number of rotatable bonds is 9. The molecule has 180 valence electrons. The van der Waals surface area contributed by atoms with Crippen molar-refractivity contribution in [2.75, 3.05) is 32.6 Å². The average molecular weight is 495 g/mol. The van der Waals surface area contributed by atoms with Crippen LogP contribution in [0.15, 0.2) is 36.7 Å². The molecule has 0 unspecified atom stereocenters. The molecule has 2 N–H and O–H groups in total. The fourth-order valence-corrected chi connectivity index (χ4v) is 4.75. The molecule has 0 saturated heterocycles. The summed E-state index contributed by atoms with van der Waals surface area (Å²) in [6, 6.07) is 10.2. The number of nitriles is 1. The summed E-state index contributed by atoms with van der Waals surface area (Å²) < 4.78 is 27.1. The second-order valence-electron chi connectivity index (χ2n) is 7.34. The Morgan fingerprint density at radius 1 is 1.26 bits per heavy atom. The van der Waals surface area contributed by atoms with Gasteiger partial charge in [0.25, 0.3) is 5.91 Å². The van der Waals surface area contributed by atoms with Crippen LogP contribution in [0.1, 0.15) is 22.3 Å². The quantitative estimate of drug-likeness (QED) is 0.361. The molecule has 1 aromatic carbocycles. The van der Waals surface area contributed by atoms with Gasteiger partial charge in [0.1, 0.15) is 46.1 Å². The second kappa shape index (κ2) is 10.4. The van der Waals surface area contributed by atoms with Gasteiger partial charge in [-0.25, -0.2) is 14.4 Å². The highest BCUT2D eigenvalue weighted by Crippen LogP contribution is 2.36. The number of carbonyl (C=O) groups is 1. The number of nitrogens with zero attached hydrogens (tertiary/aromatic N) is 4. The molecule has 1 amide bonds. The number of amides is 1. The fourth-order valence-electron chi connectivity index (χ4n) is 3.73. The van der Waals surface area contributed by atoms with Gasteiger partial charge in [-0.15, -0.1) is 11.3 Å². The van der Waals surface area contributed by atoms with Crippen LogP contribution in [0.3, 0.4) is 0 Å². The molecule has 3 aromatic heterocycles. The number of thiophene rings is 1. The molecule has 11 heteroatoms. The van der Waals surface area contributed by atoms with E-state index in [1.807, 2.05) is 6.92 Å². The van der Waals surface area contributed by atoms with Crippen LogP contribution in [0.25, 0.3) is 21.5 Å². The van der Waals surface area contributed by atoms with Crippen molar-refractivity contribution in [2.45, 2.75) is 13.5 Å². The van der Waals surface area contributed by atoms with Gasteiger partial charge in [0.2, 0.25) is 0 Å². The number of fused-ring (bicyclic) bond motifs is 1. The van der Waals surface area contributed by atoms with Crippen molar-refractivity contribution in [2.24, 2.45) is 0 Å². The summed E-state index contributed by atoms with van der Waals surface area (Å²) in [6.45, 7) is 2.99. The van der Waals surface area contributed by atoms with E-state index in [2.05, 4.69) is 26.7 Å². The van der Waals surface area contributed by atoms with Crippen LogP contribution in [0.5, 0.6) is 11.5 Å². The molecule has 0 spiro atoms. The van der Waals surface area contributed by atoms with Gasteiger partial charge in [-0.1, -0.05) is 0 Å².